The molecule has 2 rings (SSSR count). The number of fused-ring (bicyclic) bond motifs is 1. The van der Waals surface area contributed by atoms with Gasteiger partial charge in [-0.05, 0) is 26.8 Å². The molecule has 0 bridgehead atoms. The summed E-state index contributed by atoms with van der Waals surface area (Å²) in [4.78, 5) is 2.23. The Balaban J connectivity index is 2.28. The van der Waals surface area contributed by atoms with Crippen molar-refractivity contribution in [3.8, 4) is 0 Å². The first-order valence-electron chi connectivity index (χ1n) is 5.79. The van der Waals surface area contributed by atoms with Crippen molar-refractivity contribution in [1.29, 1.82) is 0 Å². The van der Waals surface area contributed by atoms with Crippen LogP contribution in [0.1, 0.15) is 25.1 Å². The molecule has 1 aliphatic rings. The number of hydrogen-bond acceptors (Lipinski definition) is 4. The normalized spacial score (nSPS) is 15.9. The Kier molecular flexibility index (Phi) is 3.26. The monoisotopic (exact) mass is 209 g/mol. The maximum atomic E-state index is 5.47. The highest BCUT2D eigenvalue weighted by molar-refractivity contribution is 5.46. The molecule has 84 valence electrons. The first-order valence-corrected chi connectivity index (χ1v) is 5.79. The molecular weight excluding hydrogens is 190 g/mol. The van der Waals surface area contributed by atoms with Gasteiger partial charge in [0.25, 0.3) is 0 Å². The third-order valence-corrected chi connectivity index (χ3v) is 2.99. The molecular formula is C11H19N3O. The summed E-state index contributed by atoms with van der Waals surface area (Å²) >= 11 is 0. The van der Waals surface area contributed by atoms with Gasteiger partial charge in [-0.2, -0.15) is 0 Å². The van der Waals surface area contributed by atoms with Crippen molar-refractivity contribution in [3.05, 3.63) is 11.3 Å². The summed E-state index contributed by atoms with van der Waals surface area (Å²) < 4.78 is 5.47. The molecule has 15 heavy (non-hydrogen) atoms. The van der Waals surface area contributed by atoms with Crippen LogP contribution in [0, 0.1) is 0 Å². The van der Waals surface area contributed by atoms with Crippen molar-refractivity contribution >= 4 is 5.88 Å². The zero-order valence-electron chi connectivity index (χ0n) is 9.55. The first kappa shape index (κ1) is 10.5. The Labute approximate surface area is 90.6 Å². The van der Waals surface area contributed by atoms with Gasteiger partial charge >= 0.3 is 0 Å². The number of hydrogen-bond donors (Lipinski definition) is 1. The molecule has 0 atom stereocenters. The maximum Gasteiger partial charge on any atom is 0.230 e. The Morgan fingerprint density at radius 3 is 2.73 bits per heavy atom. The molecule has 0 saturated carbocycles. The number of nitrogens with zero attached hydrogens (tertiary/aromatic N) is 2. The van der Waals surface area contributed by atoms with Crippen LogP contribution in [0.25, 0.3) is 0 Å². The van der Waals surface area contributed by atoms with Gasteiger partial charge in [-0.15, -0.1) is 0 Å². The summed E-state index contributed by atoms with van der Waals surface area (Å²) in [6, 6.07) is 0. The van der Waals surface area contributed by atoms with Crippen LogP contribution >= 0.6 is 0 Å². The van der Waals surface area contributed by atoms with E-state index in [1.807, 2.05) is 0 Å². The summed E-state index contributed by atoms with van der Waals surface area (Å²) in [6.07, 6.45) is 2.02. The van der Waals surface area contributed by atoms with Crippen molar-refractivity contribution in [1.82, 2.24) is 10.5 Å². The second kappa shape index (κ2) is 4.66. The summed E-state index contributed by atoms with van der Waals surface area (Å²) in [5.41, 5.74) is 2.45. The van der Waals surface area contributed by atoms with Gasteiger partial charge in [0.15, 0.2) is 0 Å². The summed E-state index contributed by atoms with van der Waals surface area (Å²) in [5, 5.41) is 7.56. The Bertz CT molecular complexity index is 318. The molecule has 0 spiro atoms. The van der Waals surface area contributed by atoms with Crippen LogP contribution in [-0.4, -0.2) is 31.3 Å². The number of nitrogens with one attached hydrogen (secondary N) is 1. The van der Waals surface area contributed by atoms with E-state index in [-0.39, 0.29) is 0 Å². The van der Waals surface area contributed by atoms with E-state index in [9.17, 15) is 0 Å². The zero-order valence-corrected chi connectivity index (χ0v) is 9.55. The topological polar surface area (TPSA) is 41.3 Å². The minimum Gasteiger partial charge on any atom is -0.341 e. The molecule has 0 aliphatic carbocycles. The van der Waals surface area contributed by atoms with Crippen molar-refractivity contribution < 1.29 is 4.52 Å². The quantitative estimate of drug-likeness (QED) is 0.812. The Hall–Kier alpha value is -1.03. The lowest BCUT2D eigenvalue weighted by Gasteiger charge is -2.18. The van der Waals surface area contributed by atoms with E-state index >= 15 is 0 Å². The maximum absolute atomic E-state index is 5.47. The van der Waals surface area contributed by atoms with Crippen LogP contribution in [0.15, 0.2) is 4.52 Å². The lowest BCUT2D eigenvalue weighted by atomic mass is 10.1. The molecule has 0 amide bonds. The first-order chi connectivity index (χ1) is 7.36. The van der Waals surface area contributed by atoms with Crippen LogP contribution < -0.4 is 10.2 Å². The van der Waals surface area contributed by atoms with E-state index in [2.05, 4.69) is 29.2 Å². The van der Waals surface area contributed by atoms with E-state index in [0.717, 1.165) is 50.6 Å². The van der Waals surface area contributed by atoms with Crippen molar-refractivity contribution in [2.45, 2.75) is 26.7 Å². The van der Waals surface area contributed by atoms with Crippen molar-refractivity contribution in [3.63, 3.8) is 0 Å². The molecule has 1 aromatic rings. The third kappa shape index (κ3) is 2.00. The highest BCUT2D eigenvalue weighted by Crippen LogP contribution is 2.25. The van der Waals surface area contributed by atoms with E-state index < -0.39 is 0 Å². The van der Waals surface area contributed by atoms with E-state index in [1.54, 1.807) is 0 Å². The fourth-order valence-corrected chi connectivity index (χ4v) is 2.08. The fourth-order valence-electron chi connectivity index (χ4n) is 2.08. The molecule has 0 radical (unpaired) electrons. The second-order valence-electron chi connectivity index (χ2n) is 3.84. The molecule has 1 aliphatic heterocycles. The molecule has 0 unspecified atom stereocenters. The zero-order chi connectivity index (χ0) is 10.7. The van der Waals surface area contributed by atoms with Gasteiger partial charge in [0.05, 0.1) is 5.69 Å². The fraction of sp³-hybridized carbons (Fsp3) is 0.727. The summed E-state index contributed by atoms with van der Waals surface area (Å²) in [5.74, 6) is 0.985. The summed E-state index contributed by atoms with van der Waals surface area (Å²) in [7, 11) is 0. The molecule has 1 N–H and O–H groups in total. The van der Waals surface area contributed by atoms with Crippen LogP contribution in [-0.2, 0) is 12.8 Å². The SMILES string of the molecule is CCN(CC)c1onc2c1CCNCC2. The highest BCUT2D eigenvalue weighted by atomic mass is 16.5. The average molecular weight is 209 g/mol. The van der Waals surface area contributed by atoms with Crippen LogP contribution in [0.2, 0.25) is 0 Å². The van der Waals surface area contributed by atoms with Gasteiger partial charge in [-0.1, -0.05) is 5.16 Å². The Morgan fingerprint density at radius 1 is 1.27 bits per heavy atom. The molecule has 2 heterocycles. The average Bonchev–Trinajstić information content (AvgIpc) is 2.51. The van der Waals surface area contributed by atoms with Gasteiger partial charge in [0, 0.05) is 31.6 Å². The molecule has 0 fully saturated rings. The van der Waals surface area contributed by atoms with Gasteiger partial charge in [0.2, 0.25) is 5.88 Å². The number of aromatic nitrogens is 1. The van der Waals surface area contributed by atoms with Crippen molar-refractivity contribution in [2.75, 3.05) is 31.1 Å². The van der Waals surface area contributed by atoms with Crippen LogP contribution in [0.4, 0.5) is 5.88 Å². The number of anilines is 1. The van der Waals surface area contributed by atoms with E-state index in [4.69, 9.17) is 4.52 Å². The van der Waals surface area contributed by atoms with E-state index in [1.165, 1.54) is 5.56 Å². The van der Waals surface area contributed by atoms with Gasteiger partial charge in [-0.3, -0.25) is 0 Å². The lowest BCUT2D eigenvalue weighted by molar-refractivity contribution is 0.408. The highest BCUT2D eigenvalue weighted by Gasteiger charge is 2.20. The minimum absolute atomic E-state index is 0.978. The number of rotatable bonds is 3. The van der Waals surface area contributed by atoms with Crippen LogP contribution in [0.3, 0.4) is 0 Å². The molecule has 4 nitrogen and oxygen atoms in total. The summed E-state index contributed by atoms with van der Waals surface area (Å²) in [6.45, 7) is 8.29. The largest absolute Gasteiger partial charge is 0.341 e. The second-order valence-corrected chi connectivity index (χ2v) is 3.84. The van der Waals surface area contributed by atoms with Gasteiger partial charge in [-0.25, -0.2) is 0 Å². The molecule has 0 aromatic carbocycles. The minimum atomic E-state index is 0.978. The lowest BCUT2D eigenvalue weighted by Crippen LogP contribution is -2.23. The predicted molar refractivity (Wildman–Crippen MR) is 60.3 cm³/mol. The molecule has 0 saturated heterocycles. The Morgan fingerprint density at radius 2 is 2.00 bits per heavy atom. The molecule has 4 heteroatoms. The van der Waals surface area contributed by atoms with Crippen molar-refractivity contribution in [2.24, 2.45) is 0 Å². The van der Waals surface area contributed by atoms with Crippen LogP contribution in [0.5, 0.6) is 0 Å². The van der Waals surface area contributed by atoms with Gasteiger partial charge in [0.1, 0.15) is 0 Å². The smallest absolute Gasteiger partial charge is 0.230 e. The predicted octanol–water partition coefficient (Wildman–Crippen LogP) is 1.21. The standard InChI is InChI=1S/C11H19N3O/c1-3-14(4-2)11-9-5-7-12-8-6-10(9)13-15-11/h12H,3-8H2,1-2H3. The third-order valence-electron chi connectivity index (χ3n) is 2.99. The van der Waals surface area contributed by atoms with Gasteiger partial charge < -0.3 is 14.7 Å². The van der Waals surface area contributed by atoms with E-state index in [0.29, 0.717) is 0 Å². The molecule has 1 aromatic heterocycles.